The van der Waals surface area contributed by atoms with Gasteiger partial charge in [0.25, 0.3) is 0 Å². The molecule has 2 aliphatic rings. The molecule has 2 aromatic rings. The first kappa shape index (κ1) is 9.90. The molecule has 0 bridgehead atoms. The normalized spacial score (nSPS) is 15.4. The second-order valence-electron chi connectivity index (χ2n) is 5.03. The summed E-state index contributed by atoms with van der Waals surface area (Å²) in [5.41, 5.74) is 8.59. The topological polar surface area (TPSA) is 0 Å². The molecule has 4 rings (SSSR count). The fraction of sp³-hybridized carbons (Fsp3) is 0.111. The molecule has 86 valence electrons. The zero-order valence-corrected chi connectivity index (χ0v) is 10.2. The minimum Gasteiger partial charge on any atom is -0.0801 e. The van der Waals surface area contributed by atoms with Crippen LogP contribution in [0.25, 0.3) is 16.7 Å². The minimum atomic E-state index is 1.08. The molecule has 0 atom stereocenters. The summed E-state index contributed by atoms with van der Waals surface area (Å²) in [5.74, 6) is 0. The van der Waals surface area contributed by atoms with E-state index >= 15 is 0 Å². The lowest BCUT2D eigenvalue weighted by Gasteiger charge is -2.06. The molecule has 0 unspecified atom stereocenters. The summed E-state index contributed by atoms with van der Waals surface area (Å²) in [4.78, 5) is 0. The summed E-state index contributed by atoms with van der Waals surface area (Å²) >= 11 is 0. The van der Waals surface area contributed by atoms with Crippen LogP contribution >= 0.6 is 0 Å². The predicted molar refractivity (Wildman–Crippen MR) is 76.4 cm³/mol. The SMILES string of the molecule is C1=CCC(c2ccc3c(c2)Cc2ccccc2-3)=C1. The Kier molecular flexibility index (Phi) is 2.04. The Labute approximate surface area is 107 Å². The Morgan fingerprint density at radius 1 is 0.833 bits per heavy atom. The molecule has 0 saturated carbocycles. The van der Waals surface area contributed by atoms with Gasteiger partial charge >= 0.3 is 0 Å². The van der Waals surface area contributed by atoms with E-state index in [-0.39, 0.29) is 0 Å². The number of hydrogen-bond donors (Lipinski definition) is 0. The van der Waals surface area contributed by atoms with Crippen molar-refractivity contribution < 1.29 is 0 Å². The fourth-order valence-electron chi connectivity index (χ4n) is 3.01. The Hall–Kier alpha value is -2.08. The molecular weight excluding hydrogens is 216 g/mol. The largest absolute Gasteiger partial charge is 0.0801 e. The summed E-state index contributed by atoms with van der Waals surface area (Å²) in [6.07, 6.45) is 8.75. The van der Waals surface area contributed by atoms with Crippen molar-refractivity contribution in [2.24, 2.45) is 0 Å². The van der Waals surface area contributed by atoms with E-state index in [9.17, 15) is 0 Å². The third kappa shape index (κ3) is 1.39. The van der Waals surface area contributed by atoms with Gasteiger partial charge in [0.05, 0.1) is 0 Å². The van der Waals surface area contributed by atoms with Gasteiger partial charge in [-0.05, 0) is 46.2 Å². The third-order valence-electron chi connectivity index (χ3n) is 3.94. The second kappa shape index (κ2) is 3.71. The minimum absolute atomic E-state index is 1.08. The molecular formula is C18H14. The van der Waals surface area contributed by atoms with Gasteiger partial charge in [-0.2, -0.15) is 0 Å². The van der Waals surface area contributed by atoms with Crippen LogP contribution in [0.1, 0.15) is 23.1 Å². The van der Waals surface area contributed by atoms with Gasteiger partial charge in [-0.1, -0.05) is 60.7 Å². The van der Waals surface area contributed by atoms with Crippen molar-refractivity contribution in [1.29, 1.82) is 0 Å². The van der Waals surface area contributed by atoms with E-state index in [0.717, 1.165) is 12.8 Å². The molecule has 0 nitrogen and oxygen atoms in total. The highest BCUT2D eigenvalue weighted by atomic mass is 14.2. The number of benzene rings is 2. The van der Waals surface area contributed by atoms with Gasteiger partial charge in [0, 0.05) is 0 Å². The van der Waals surface area contributed by atoms with E-state index < -0.39 is 0 Å². The lowest BCUT2D eigenvalue weighted by atomic mass is 9.99. The van der Waals surface area contributed by atoms with Crippen LogP contribution in [-0.4, -0.2) is 0 Å². The first-order chi connectivity index (χ1) is 8.92. The molecule has 0 aromatic heterocycles. The maximum Gasteiger partial charge on any atom is -0.00132 e. The molecule has 0 N–H and O–H groups in total. The first-order valence-electron chi connectivity index (χ1n) is 6.49. The molecule has 0 spiro atoms. The van der Waals surface area contributed by atoms with Crippen molar-refractivity contribution in [2.45, 2.75) is 12.8 Å². The van der Waals surface area contributed by atoms with Gasteiger partial charge in [-0.25, -0.2) is 0 Å². The van der Waals surface area contributed by atoms with E-state index in [1.807, 2.05) is 0 Å². The summed E-state index contributed by atoms with van der Waals surface area (Å²) < 4.78 is 0. The third-order valence-corrected chi connectivity index (χ3v) is 3.94. The smallest absolute Gasteiger partial charge is 0.00132 e. The Morgan fingerprint density at radius 2 is 1.72 bits per heavy atom. The van der Waals surface area contributed by atoms with Gasteiger partial charge in [-0.15, -0.1) is 0 Å². The van der Waals surface area contributed by atoms with Crippen LogP contribution in [0, 0.1) is 0 Å². The van der Waals surface area contributed by atoms with Gasteiger partial charge in [-0.3, -0.25) is 0 Å². The predicted octanol–water partition coefficient (Wildman–Crippen LogP) is 4.60. The average Bonchev–Trinajstić information content (AvgIpc) is 3.05. The van der Waals surface area contributed by atoms with Crippen LogP contribution in [0.5, 0.6) is 0 Å². The van der Waals surface area contributed by atoms with Gasteiger partial charge in [0.1, 0.15) is 0 Å². The van der Waals surface area contributed by atoms with Crippen molar-refractivity contribution in [2.75, 3.05) is 0 Å². The Morgan fingerprint density at radius 3 is 2.61 bits per heavy atom. The quantitative estimate of drug-likeness (QED) is 0.573. The molecule has 0 heteroatoms. The molecule has 0 heterocycles. The van der Waals surface area contributed by atoms with Crippen LogP contribution in [0.2, 0.25) is 0 Å². The maximum atomic E-state index is 2.37. The molecule has 0 fully saturated rings. The Bertz CT molecular complexity index is 687. The molecule has 2 aromatic carbocycles. The molecule has 18 heavy (non-hydrogen) atoms. The monoisotopic (exact) mass is 230 g/mol. The molecule has 0 amide bonds. The van der Waals surface area contributed by atoms with E-state index in [2.05, 4.69) is 60.7 Å². The summed E-state index contributed by atoms with van der Waals surface area (Å²) in [6, 6.07) is 15.7. The van der Waals surface area contributed by atoms with E-state index in [1.54, 1.807) is 0 Å². The van der Waals surface area contributed by atoms with Gasteiger partial charge < -0.3 is 0 Å². The first-order valence-corrected chi connectivity index (χ1v) is 6.49. The Balaban J connectivity index is 1.82. The zero-order valence-electron chi connectivity index (χ0n) is 10.2. The van der Waals surface area contributed by atoms with Crippen molar-refractivity contribution in [1.82, 2.24) is 0 Å². The van der Waals surface area contributed by atoms with Gasteiger partial charge in [0.15, 0.2) is 0 Å². The fourth-order valence-corrected chi connectivity index (χ4v) is 3.01. The number of rotatable bonds is 1. The summed E-state index contributed by atoms with van der Waals surface area (Å²) in [7, 11) is 0. The van der Waals surface area contributed by atoms with Crippen LogP contribution in [0.15, 0.2) is 60.7 Å². The van der Waals surface area contributed by atoms with Crippen molar-refractivity contribution >= 4 is 5.57 Å². The van der Waals surface area contributed by atoms with Crippen LogP contribution in [0.3, 0.4) is 0 Å². The van der Waals surface area contributed by atoms with Gasteiger partial charge in [0.2, 0.25) is 0 Å². The van der Waals surface area contributed by atoms with Crippen molar-refractivity contribution in [3.8, 4) is 11.1 Å². The van der Waals surface area contributed by atoms with Crippen LogP contribution < -0.4 is 0 Å². The second-order valence-corrected chi connectivity index (χ2v) is 5.03. The highest BCUT2D eigenvalue weighted by Gasteiger charge is 2.18. The van der Waals surface area contributed by atoms with E-state index in [0.29, 0.717) is 0 Å². The summed E-state index contributed by atoms with van der Waals surface area (Å²) in [5, 5.41) is 0. The molecule has 0 aliphatic heterocycles. The average molecular weight is 230 g/mol. The van der Waals surface area contributed by atoms with Crippen LogP contribution in [0.4, 0.5) is 0 Å². The molecule has 0 saturated heterocycles. The lowest BCUT2D eigenvalue weighted by Crippen LogP contribution is -1.86. The number of allylic oxidation sites excluding steroid dienone is 4. The van der Waals surface area contributed by atoms with Crippen molar-refractivity contribution in [3.63, 3.8) is 0 Å². The standard InChI is InChI=1S/C18H14/c1-2-6-13(5-1)14-9-10-18-16(11-14)12-15-7-3-4-8-17(15)18/h1-5,7-11H,6,12H2. The number of fused-ring (bicyclic) bond motifs is 3. The lowest BCUT2D eigenvalue weighted by molar-refractivity contribution is 1.25. The van der Waals surface area contributed by atoms with Crippen molar-refractivity contribution in [3.05, 3.63) is 77.4 Å². The summed E-state index contributed by atoms with van der Waals surface area (Å²) in [6.45, 7) is 0. The zero-order chi connectivity index (χ0) is 11.9. The van der Waals surface area contributed by atoms with E-state index in [1.165, 1.54) is 33.4 Å². The highest BCUT2D eigenvalue weighted by Crippen LogP contribution is 2.38. The maximum absolute atomic E-state index is 2.37. The van der Waals surface area contributed by atoms with E-state index in [4.69, 9.17) is 0 Å². The highest BCUT2D eigenvalue weighted by molar-refractivity contribution is 5.80. The van der Waals surface area contributed by atoms with Crippen LogP contribution in [-0.2, 0) is 6.42 Å². The molecule has 0 radical (unpaired) electrons. The number of hydrogen-bond acceptors (Lipinski definition) is 0. The molecule has 2 aliphatic carbocycles.